The van der Waals surface area contributed by atoms with E-state index in [-0.39, 0.29) is 11.5 Å². The maximum Gasteiger partial charge on any atom is 0.406 e. The first-order chi connectivity index (χ1) is 7.14. The van der Waals surface area contributed by atoms with E-state index in [1.54, 1.807) is 7.05 Å². The van der Waals surface area contributed by atoms with Gasteiger partial charge in [-0.15, -0.1) is 0 Å². The first-order valence-electron chi connectivity index (χ1n) is 5.28. The van der Waals surface area contributed by atoms with Crippen molar-refractivity contribution < 1.29 is 9.53 Å². The fraction of sp³-hybridized carbons (Fsp3) is 0.900. The van der Waals surface area contributed by atoms with Crippen LogP contribution < -0.4 is 16.0 Å². The summed E-state index contributed by atoms with van der Waals surface area (Å²) in [4.78, 5) is 11.0. The molecule has 15 heavy (non-hydrogen) atoms. The molecular formula is C10H23N3O2. The third-order valence-electron chi connectivity index (χ3n) is 2.57. The van der Waals surface area contributed by atoms with E-state index in [0.29, 0.717) is 6.61 Å². The predicted molar refractivity (Wildman–Crippen MR) is 61.0 cm³/mol. The molecule has 0 aliphatic heterocycles. The van der Waals surface area contributed by atoms with Gasteiger partial charge in [0.05, 0.1) is 0 Å². The number of carbonyl (C=O) groups excluding carboxylic acids is 1. The zero-order valence-electron chi connectivity index (χ0n) is 10.1. The minimum atomic E-state index is -0.375. The maximum atomic E-state index is 11.0. The molecule has 0 saturated heterocycles. The Morgan fingerprint density at radius 2 is 1.73 bits per heavy atom. The second-order valence-electron chi connectivity index (χ2n) is 3.74. The van der Waals surface area contributed by atoms with Crippen LogP contribution in [0.5, 0.6) is 0 Å². The highest BCUT2D eigenvalue weighted by Crippen LogP contribution is 2.20. The molecule has 0 heterocycles. The van der Waals surface area contributed by atoms with Gasteiger partial charge in [0.1, 0.15) is 6.61 Å². The van der Waals surface area contributed by atoms with E-state index in [2.05, 4.69) is 22.9 Å². The molecule has 0 atom stereocenters. The van der Waals surface area contributed by atoms with Crippen LogP contribution in [0.25, 0.3) is 0 Å². The molecule has 0 bridgehead atoms. The van der Waals surface area contributed by atoms with Crippen molar-refractivity contribution in [2.24, 2.45) is 5.41 Å². The first kappa shape index (κ1) is 14.2. The molecule has 0 fully saturated rings. The summed E-state index contributed by atoms with van der Waals surface area (Å²) in [5.74, 6) is 0. The molecule has 0 aliphatic carbocycles. The van der Waals surface area contributed by atoms with Crippen molar-refractivity contribution in [3.05, 3.63) is 0 Å². The fourth-order valence-corrected chi connectivity index (χ4v) is 1.56. The van der Waals surface area contributed by atoms with Gasteiger partial charge in [0, 0.05) is 25.6 Å². The van der Waals surface area contributed by atoms with Crippen LogP contribution in [-0.4, -0.2) is 46.9 Å². The molecule has 90 valence electrons. The summed E-state index contributed by atoms with van der Waals surface area (Å²) in [7, 11) is 5.37. The molecule has 0 unspecified atom stereocenters. The maximum absolute atomic E-state index is 11.0. The Labute approximate surface area is 91.9 Å². The number of rotatable bonds is 7. The highest BCUT2D eigenvalue weighted by atomic mass is 16.5. The number of nitrogens with one attached hydrogen (secondary N) is 3. The second kappa shape index (κ2) is 7.48. The molecule has 0 aromatic heterocycles. The van der Waals surface area contributed by atoms with Crippen molar-refractivity contribution in [1.82, 2.24) is 16.0 Å². The molecule has 5 nitrogen and oxygen atoms in total. The van der Waals surface area contributed by atoms with Crippen LogP contribution in [-0.2, 0) is 4.74 Å². The van der Waals surface area contributed by atoms with Gasteiger partial charge in [-0.1, -0.05) is 6.92 Å². The summed E-state index contributed by atoms with van der Waals surface area (Å²) in [6, 6.07) is 0. The highest BCUT2D eigenvalue weighted by Gasteiger charge is 2.28. The Morgan fingerprint density at radius 1 is 1.20 bits per heavy atom. The van der Waals surface area contributed by atoms with Crippen molar-refractivity contribution in [3.8, 4) is 0 Å². The van der Waals surface area contributed by atoms with Crippen molar-refractivity contribution in [1.29, 1.82) is 0 Å². The van der Waals surface area contributed by atoms with Crippen LogP contribution in [0.3, 0.4) is 0 Å². The molecule has 0 aliphatic rings. The number of hydrogen-bond donors (Lipinski definition) is 3. The number of ether oxygens (including phenoxy) is 1. The molecular weight excluding hydrogens is 194 g/mol. The van der Waals surface area contributed by atoms with Crippen LogP contribution >= 0.6 is 0 Å². The van der Waals surface area contributed by atoms with Crippen LogP contribution in [0.4, 0.5) is 4.79 Å². The minimum Gasteiger partial charge on any atom is -0.449 e. The van der Waals surface area contributed by atoms with Crippen LogP contribution in [0.1, 0.15) is 13.3 Å². The molecule has 0 spiro atoms. The van der Waals surface area contributed by atoms with Crippen LogP contribution in [0.15, 0.2) is 0 Å². The Hall–Kier alpha value is -0.810. The monoisotopic (exact) mass is 217 g/mol. The standard InChI is InChI=1S/C10H23N3O2/c1-5-10(6-11-2,7-12-3)8-15-9(14)13-4/h11-12H,5-8H2,1-4H3,(H,13,14). The van der Waals surface area contributed by atoms with Gasteiger partial charge in [-0.2, -0.15) is 0 Å². The average Bonchev–Trinajstić information content (AvgIpc) is 2.26. The molecule has 3 N–H and O–H groups in total. The molecule has 5 heteroatoms. The quantitative estimate of drug-likeness (QED) is 0.569. The van der Waals surface area contributed by atoms with E-state index in [1.165, 1.54) is 0 Å². The summed E-state index contributed by atoms with van der Waals surface area (Å²) < 4.78 is 5.12. The fourth-order valence-electron chi connectivity index (χ4n) is 1.56. The Bertz CT molecular complexity index is 180. The van der Waals surface area contributed by atoms with Crippen LogP contribution in [0, 0.1) is 5.41 Å². The zero-order chi connectivity index (χ0) is 11.7. The topological polar surface area (TPSA) is 62.4 Å². The SMILES string of the molecule is CCC(CNC)(CNC)COC(=O)NC. The van der Waals surface area contributed by atoms with Gasteiger partial charge in [0.15, 0.2) is 0 Å². The molecule has 0 saturated carbocycles. The molecule has 0 aromatic rings. The third-order valence-corrected chi connectivity index (χ3v) is 2.57. The lowest BCUT2D eigenvalue weighted by Crippen LogP contribution is -2.44. The van der Waals surface area contributed by atoms with Gasteiger partial charge in [-0.25, -0.2) is 4.79 Å². The van der Waals surface area contributed by atoms with Gasteiger partial charge in [-0.05, 0) is 20.5 Å². The smallest absolute Gasteiger partial charge is 0.406 e. The van der Waals surface area contributed by atoms with Gasteiger partial charge in [-0.3, -0.25) is 0 Å². The van der Waals surface area contributed by atoms with Crippen molar-refractivity contribution in [2.75, 3.05) is 40.8 Å². The summed E-state index contributed by atoms with van der Waals surface area (Å²) >= 11 is 0. The Kier molecular flexibility index (Phi) is 7.07. The number of carbonyl (C=O) groups is 1. The van der Waals surface area contributed by atoms with Crippen molar-refractivity contribution >= 4 is 6.09 Å². The van der Waals surface area contributed by atoms with E-state index >= 15 is 0 Å². The number of hydrogen-bond acceptors (Lipinski definition) is 4. The van der Waals surface area contributed by atoms with Gasteiger partial charge >= 0.3 is 6.09 Å². The van der Waals surface area contributed by atoms with Crippen molar-refractivity contribution in [2.45, 2.75) is 13.3 Å². The summed E-state index contributed by atoms with van der Waals surface area (Å²) in [6.07, 6.45) is 0.575. The second-order valence-corrected chi connectivity index (χ2v) is 3.74. The Balaban J connectivity index is 4.26. The molecule has 0 radical (unpaired) electrons. The number of alkyl carbamates (subject to hydrolysis) is 1. The lowest BCUT2D eigenvalue weighted by atomic mass is 9.86. The highest BCUT2D eigenvalue weighted by molar-refractivity contribution is 5.66. The normalized spacial score (nSPS) is 11.2. The Morgan fingerprint density at radius 3 is 2.07 bits per heavy atom. The van der Waals surface area contributed by atoms with E-state index in [0.717, 1.165) is 19.5 Å². The average molecular weight is 217 g/mol. The minimum absolute atomic E-state index is 0.0317. The predicted octanol–water partition coefficient (Wildman–Crippen LogP) is 0.178. The molecule has 1 amide bonds. The lowest BCUT2D eigenvalue weighted by Gasteiger charge is -2.31. The van der Waals surface area contributed by atoms with Crippen LogP contribution in [0.2, 0.25) is 0 Å². The van der Waals surface area contributed by atoms with E-state index < -0.39 is 0 Å². The van der Waals surface area contributed by atoms with Gasteiger partial charge in [0.2, 0.25) is 0 Å². The third kappa shape index (κ3) is 4.99. The lowest BCUT2D eigenvalue weighted by molar-refractivity contribution is 0.0803. The summed E-state index contributed by atoms with van der Waals surface area (Å²) in [6.45, 7) is 4.16. The molecule has 0 aromatic carbocycles. The zero-order valence-corrected chi connectivity index (χ0v) is 10.1. The largest absolute Gasteiger partial charge is 0.449 e. The van der Waals surface area contributed by atoms with E-state index in [1.807, 2.05) is 14.1 Å². The summed E-state index contributed by atoms with van der Waals surface area (Å²) in [5.41, 5.74) is -0.0317. The first-order valence-corrected chi connectivity index (χ1v) is 5.28. The summed E-state index contributed by atoms with van der Waals surface area (Å²) in [5, 5.41) is 8.71. The van der Waals surface area contributed by atoms with Crippen molar-refractivity contribution in [3.63, 3.8) is 0 Å². The van der Waals surface area contributed by atoms with E-state index in [4.69, 9.17) is 4.74 Å². The van der Waals surface area contributed by atoms with E-state index in [9.17, 15) is 4.79 Å². The van der Waals surface area contributed by atoms with Gasteiger partial charge in [0.25, 0.3) is 0 Å². The number of amides is 1. The van der Waals surface area contributed by atoms with Gasteiger partial charge < -0.3 is 20.7 Å². The molecule has 0 rings (SSSR count).